The summed E-state index contributed by atoms with van der Waals surface area (Å²) in [5.41, 5.74) is 10.2. The van der Waals surface area contributed by atoms with Crippen molar-refractivity contribution in [3.05, 3.63) is 89.8 Å². The number of alkyl halides is 2. The smallest absolute Gasteiger partial charge is 0.324 e. The third-order valence-electron chi connectivity index (χ3n) is 13.5. The summed E-state index contributed by atoms with van der Waals surface area (Å²) in [6, 6.07) is 15.4. The Morgan fingerprint density at radius 2 is 1.81 bits per heavy atom. The maximum absolute atomic E-state index is 14.7. The number of aromatic nitrogens is 2. The Labute approximate surface area is 397 Å². The monoisotopic (exact) mass is 937 g/mol. The predicted molar refractivity (Wildman–Crippen MR) is 255 cm³/mol. The van der Waals surface area contributed by atoms with Crippen molar-refractivity contribution in [3.63, 3.8) is 0 Å². The van der Waals surface area contributed by atoms with Crippen molar-refractivity contribution in [2.75, 3.05) is 40.4 Å². The van der Waals surface area contributed by atoms with Crippen LogP contribution in [0.5, 0.6) is 0 Å². The number of hydrogen-bond donors (Lipinski definition) is 2. The van der Waals surface area contributed by atoms with Crippen LogP contribution >= 0.6 is 0 Å². The van der Waals surface area contributed by atoms with Gasteiger partial charge in [-0.05, 0) is 98.0 Å². The predicted octanol–water partition coefficient (Wildman–Crippen LogP) is 6.90. The van der Waals surface area contributed by atoms with Crippen LogP contribution in [0.2, 0.25) is 0 Å². The zero-order valence-corrected chi connectivity index (χ0v) is 40.4. The molecule has 3 aliphatic heterocycles. The summed E-state index contributed by atoms with van der Waals surface area (Å²) in [7, 11) is 3.21. The number of carbonyl (C=O) groups excluding carboxylic acids is 5. The number of likely N-dealkylation sites (tertiary alicyclic amines) is 1. The average molecular weight is 938 g/mol. The number of nitrogens with zero attached hydrogens (tertiary/aromatic N) is 5. The van der Waals surface area contributed by atoms with Crippen molar-refractivity contribution in [2.45, 2.75) is 111 Å². The van der Waals surface area contributed by atoms with E-state index in [0.29, 0.717) is 38.3 Å². The molecule has 4 aromatic rings. The number of fused-ring (bicyclic) bond motifs is 6. The van der Waals surface area contributed by atoms with Crippen molar-refractivity contribution in [1.29, 1.82) is 0 Å². The van der Waals surface area contributed by atoms with Crippen molar-refractivity contribution in [3.8, 4) is 22.4 Å². The summed E-state index contributed by atoms with van der Waals surface area (Å²) >= 11 is 0. The Bertz CT molecular complexity index is 2560. The van der Waals surface area contributed by atoms with Gasteiger partial charge >= 0.3 is 5.97 Å². The molecule has 4 amide bonds. The summed E-state index contributed by atoms with van der Waals surface area (Å²) in [6.45, 7) is 13.2. The number of hydrazine groups is 1. The van der Waals surface area contributed by atoms with E-state index in [1.54, 1.807) is 13.3 Å². The number of benzene rings is 2. The molecule has 6 bridgehead atoms. The second-order valence-corrected chi connectivity index (χ2v) is 19.4. The van der Waals surface area contributed by atoms with Gasteiger partial charge in [-0.2, -0.15) is 0 Å². The van der Waals surface area contributed by atoms with Crippen molar-refractivity contribution < 1.29 is 42.2 Å². The number of methoxy groups -OCH3 is 1. The lowest BCUT2D eigenvalue weighted by Crippen LogP contribution is -2.62. The maximum Gasteiger partial charge on any atom is 0.324 e. The van der Waals surface area contributed by atoms with Crippen molar-refractivity contribution >= 4 is 40.5 Å². The normalized spacial score (nSPS) is 21.0. The fourth-order valence-electron chi connectivity index (χ4n) is 10.0. The topological polar surface area (TPSA) is 155 Å². The van der Waals surface area contributed by atoms with Gasteiger partial charge in [-0.3, -0.25) is 34.0 Å². The summed E-state index contributed by atoms with van der Waals surface area (Å²) in [6.07, 6.45) is 1.99. The molecule has 0 saturated carbocycles. The van der Waals surface area contributed by atoms with E-state index in [0.717, 1.165) is 56.2 Å². The Balaban J connectivity index is 1.26. The van der Waals surface area contributed by atoms with E-state index >= 15 is 0 Å². The van der Waals surface area contributed by atoms with Gasteiger partial charge in [-0.1, -0.05) is 58.0 Å². The minimum Gasteiger partial charge on any atom is -0.464 e. The highest BCUT2D eigenvalue weighted by molar-refractivity contribution is 5.96. The molecule has 2 saturated heterocycles. The number of rotatable bonds is 11. The molecule has 5 heterocycles. The summed E-state index contributed by atoms with van der Waals surface area (Å²) in [5, 5.41) is 5.46. The minimum absolute atomic E-state index is 0.0279. The lowest BCUT2D eigenvalue weighted by molar-refractivity contribution is -0.155. The van der Waals surface area contributed by atoms with Gasteiger partial charge in [-0.25, -0.2) is 14.2 Å². The average Bonchev–Trinajstić information content (AvgIpc) is 3.94. The SMILES string of the molecule is CCn1c(-c2cccnc2C(C)OC)c2c3cc(ccc31)-c1cccc(c1)C[C@H](NC(=O)[C@H](C(C)C)N(C)C(=O)[C@H]1CCN(C(=O)/C=C/C(F)F)C1)C(=O)N1CCC[C@H](N1)C(=O)OCC(C)(C)C2. The van der Waals surface area contributed by atoms with E-state index in [1.807, 2.05) is 51.1 Å². The molecule has 2 aromatic carbocycles. The standard InChI is InChI=1S/C52H65F2N7O7/c1-9-60-42-18-17-35-27-38(42)39(47(60)37-15-11-22-55-45(37)32(4)67-8)28-52(5,6)30-68-51(66)40-16-12-23-61(57-40)50(65)41(26-33-13-10-14-34(35)25-33)56-48(63)46(31(2)3)58(7)49(64)36-21-24-59(29-36)44(62)20-19-43(53)54/h10-11,13-15,17-20,22,25,27,31-32,36,40-41,43,46,57H,9,12,16,21,23-24,26,28-30H2,1-8H3,(H,56,63)/b20-19+/t32?,36-,40-,41-,46-/m0/s1. The first-order valence-corrected chi connectivity index (χ1v) is 23.7. The highest BCUT2D eigenvalue weighted by Crippen LogP contribution is 2.42. The van der Waals surface area contributed by atoms with Gasteiger partial charge in [0.05, 0.1) is 30.0 Å². The van der Waals surface area contributed by atoms with Crippen LogP contribution in [-0.2, 0) is 52.8 Å². The summed E-state index contributed by atoms with van der Waals surface area (Å²) < 4.78 is 39.7. The number of amides is 4. The minimum atomic E-state index is -2.78. The number of ether oxygens (including phenoxy) is 2. The zero-order chi connectivity index (χ0) is 49.0. The lowest BCUT2D eigenvalue weighted by atomic mass is 9.84. The number of allylic oxidation sites excluding steroid dienone is 1. The van der Waals surface area contributed by atoms with E-state index in [4.69, 9.17) is 14.5 Å². The number of halogens is 2. The van der Waals surface area contributed by atoms with Gasteiger partial charge in [0.15, 0.2) is 0 Å². The van der Waals surface area contributed by atoms with Crippen LogP contribution in [0.1, 0.15) is 83.7 Å². The van der Waals surface area contributed by atoms with E-state index in [9.17, 15) is 32.8 Å². The quantitative estimate of drug-likeness (QED) is 0.121. The Kier molecular flexibility index (Phi) is 15.5. The van der Waals surface area contributed by atoms with Gasteiger partial charge in [0, 0.05) is 80.9 Å². The molecule has 5 atom stereocenters. The lowest BCUT2D eigenvalue weighted by Gasteiger charge is -2.37. The highest BCUT2D eigenvalue weighted by Gasteiger charge is 2.40. The molecule has 364 valence electrons. The molecule has 2 fully saturated rings. The second kappa shape index (κ2) is 21.1. The largest absolute Gasteiger partial charge is 0.464 e. The third-order valence-corrected chi connectivity index (χ3v) is 13.5. The van der Waals surface area contributed by atoms with E-state index in [1.165, 1.54) is 21.9 Å². The van der Waals surface area contributed by atoms with Crippen LogP contribution in [0.3, 0.4) is 0 Å². The number of esters is 1. The van der Waals surface area contributed by atoms with Gasteiger partial charge < -0.3 is 29.2 Å². The first kappa shape index (κ1) is 49.9. The molecule has 14 nitrogen and oxygen atoms in total. The van der Waals surface area contributed by atoms with Crippen LogP contribution in [-0.4, -0.2) is 119 Å². The number of aryl methyl sites for hydroxylation is 1. The number of pyridine rings is 1. The van der Waals surface area contributed by atoms with Crippen LogP contribution in [0, 0.1) is 17.3 Å². The van der Waals surface area contributed by atoms with Gasteiger partial charge in [0.25, 0.3) is 12.3 Å². The van der Waals surface area contributed by atoms with Crippen molar-refractivity contribution in [2.24, 2.45) is 17.3 Å². The Morgan fingerprint density at radius 1 is 1.04 bits per heavy atom. The zero-order valence-electron chi connectivity index (χ0n) is 40.4. The second-order valence-electron chi connectivity index (χ2n) is 19.4. The Morgan fingerprint density at radius 3 is 2.53 bits per heavy atom. The molecule has 2 aromatic heterocycles. The molecule has 3 aliphatic rings. The number of carbonyl (C=O) groups is 5. The van der Waals surface area contributed by atoms with Gasteiger partial charge in [0.2, 0.25) is 17.7 Å². The highest BCUT2D eigenvalue weighted by atomic mass is 19.3. The molecular weight excluding hydrogens is 873 g/mol. The summed E-state index contributed by atoms with van der Waals surface area (Å²) in [5.74, 6) is -3.48. The fraction of sp³-hybridized carbons (Fsp3) is 0.500. The van der Waals surface area contributed by atoms with E-state index in [-0.39, 0.29) is 50.6 Å². The molecule has 2 N–H and O–H groups in total. The molecule has 1 unspecified atom stereocenters. The number of nitrogens with one attached hydrogen (secondary N) is 2. The maximum atomic E-state index is 14.7. The molecular formula is C52H65F2N7O7. The fourth-order valence-corrected chi connectivity index (χ4v) is 10.0. The molecule has 16 heteroatoms. The summed E-state index contributed by atoms with van der Waals surface area (Å²) in [4.78, 5) is 77.2. The van der Waals surface area contributed by atoms with Crippen molar-refractivity contribution in [1.82, 2.24) is 35.1 Å². The number of cyclic esters (lactones) is 1. The molecule has 0 aliphatic carbocycles. The van der Waals surface area contributed by atoms with E-state index < -0.39 is 59.6 Å². The van der Waals surface area contributed by atoms with E-state index in [2.05, 4.69) is 60.3 Å². The third kappa shape index (κ3) is 10.8. The van der Waals surface area contributed by atoms with Crippen LogP contribution in [0.4, 0.5) is 8.78 Å². The van der Waals surface area contributed by atoms with Crippen LogP contribution in [0.15, 0.2) is 72.9 Å². The first-order chi connectivity index (χ1) is 32.4. The molecule has 0 radical (unpaired) electrons. The molecule has 0 spiro atoms. The van der Waals surface area contributed by atoms with Gasteiger partial charge in [-0.15, -0.1) is 0 Å². The van der Waals surface area contributed by atoms with Crippen LogP contribution < -0.4 is 10.7 Å². The molecule has 68 heavy (non-hydrogen) atoms. The Hall–Kier alpha value is -6.00. The first-order valence-electron chi connectivity index (χ1n) is 23.7. The van der Waals surface area contributed by atoms with Crippen LogP contribution in [0.25, 0.3) is 33.3 Å². The van der Waals surface area contributed by atoms with Gasteiger partial charge in [0.1, 0.15) is 18.1 Å². The number of likely N-dealkylation sites (N-methyl/N-ethyl adjacent to an activating group) is 1. The molecule has 7 rings (SSSR count). The number of hydrogen-bond acceptors (Lipinski definition) is 9.